The molecule has 1 heterocycles. The van der Waals surface area contributed by atoms with Crippen LogP contribution >= 0.6 is 0 Å². The van der Waals surface area contributed by atoms with E-state index < -0.39 is 6.10 Å². The standard InChI is InChI=1S/C16H26N2O/c1-4-14-5-7-15(8-6-14)16(19)13(2)18-11-9-17(3)10-12-18/h5-8,13,16,19H,4,9-12H2,1-3H3. The second kappa shape index (κ2) is 6.51. The van der Waals surface area contributed by atoms with E-state index in [1.165, 1.54) is 5.56 Å². The van der Waals surface area contributed by atoms with Gasteiger partial charge in [-0.2, -0.15) is 0 Å². The molecule has 0 bridgehead atoms. The van der Waals surface area contributed by atoms with Crippen LogP contribution in [0.5, 0.6) is 0 Å². The summed E-state index contributed by atoms with van der Waals surface area (Å²) in [5.41, 5.74) is 2.35. The van der Waals surface area contributed by atoms with E-state index in [0.29, 0.717) is 0 Å². The Kier molecular flexibility index (Phi) is 4.97. The van der Waals surface area contributed by atoms with Crippen molar-refractivity contribution in [1.29, 1.82) is 0 Å². The monoisotopic (exact) mass is 262 g/mol. The van der Waals surface area contributed by atoms with Crippen LogP contribution in [0.1, 0.15) is 31.1 Å². The summed E-state index contributed by atoms with van der Waals surface area (Å²) in [5.74, 6) is 0. The Morgan fingerprint density at radius 1 is 1.11 bits per heavy atom. The van der Waals surface area contributed by atoms with Gasteiger partial charge in [-0.1, -0.05) is 31.2 Å². The highest BCUT2D eigenvalue weighted by Crippen LogP contribution is 2.22. The van der Waals surface area contributed by atoms with Crippen LogP contribution in [-0.2, 0) is 6.42 Å². The van der Waals surface area contributed by atoms with Gasteiger partial charge in [0.2, 0.25) is 0 Å². The van der Waals surface area contributed by atoms with Crippen molar-refractivity contribution in [2.45, 2.75) is 32.4 Å². The minimum atomic E-state index is -0.394. The molecule has 1 N–H and O–H groups in total. The topological polar surface area (TPSA) is 26.7 Å². The minimum Gasteiger partial charge on any atom is -0.387 e. The summed E-state index contributed by atoms with van der Waals surface area (Å²) in [7, 11) is 2.15. The van der Waals surface area contributed by atoms with Crippen molar-refractivity contribution in [1.82, 2.24) is 9.80 Å². The van der Waals surface area contributed by atoms with Gasteiger partial charge in [0.1, 0.15) is 0 Å². The maximum atomic E-state index is 10.5. The molecule has 1 saturated heterocycles. The highest BCUT2D eigenvalue weighted by molar-refractivity contribution is 5.25. The molecule has 3 nitrogen and oxygen atoms in total. The van der Waals surface area contributed by atoms with E-state index in [1.807, 2.05) is 0 Å². The number of aryl methyl sites for hydroxylation is 1. The lowest BCUT2D eigenvalue weighted by Crippen LogP contribution is -2.49. The van der Waals surface area contributed by atoms with Crippen molar-refractivity contribution in [3.8, 4) is 0 Å². The van der Waals surface area contributed by atoms with Gasteiger partial charge in [0.15, 0.2) is 0 Å². The Morgan fingerprint density at radius 3 is 2.21 bits per heavy atom. The van der Waals surface area contributed by atoms with Crippen molar-refractivity contribution < 1.29 is 5.11 Å². The number of likely N-dealkylation sites (N-methyl/N-ethyl adjacent to an activating group) is 1. The van der Waals surface area contributed by atoms with Crippen LogP contribution in [0.15, 0.2) is 24.3 Å². The van der Waals surface area contributed by atoms with E-state index in [1.54, 1.807) is 0 Å². The lowest BCUT2D eigenvalue weighted by Gasteiger charge is -2.38. The van der Waals surface area contributed by atoms with Gasteiger partial charge < -0.3 is 10.0 Å². The highest BCUT2D eigenvalue weighted by Gasteiger charge is 2.25. The Bertz CT molecular complexity index is 382. The first-order valence-electron chi connectivity index (χ1n) is 7.31. The number of rotatable bonds is 4. The molecule has 0 aliphatic carbocycles. The Labute approximate surface area is 116 Å². The van der Waals surface area contributed by atoms with Gasteiger partial charge in [-0.3, -0.25) is 4.90 Å². The molecule has 0 saturated carbocycles. The van der Waals surface area contributed by atoms with E-state index in [4.69, 9.17) is 0 Å². The maximum absolute atomic E-state index is 10.5. The summed E-state index contributed by atoms with van der Waals surface area (Å²) in [5, 5.41) is 10.5. The SMILES string of the molecule is CCc1ccc(C(O)C(C)N2CCN(C)CC2)cc1. The number of benzene rings is 1. The average molecular weight is 262 g/mol. The van der Waals surface area contributed by atoms with Crippen molar-refractivity contribution >= 4 is 0 Å². The van der Waals surface area contributed by atoms with Gasteiger partial charge in [-0.05, 0) is 31.5 Å². The summed E-state index contributed by atoms with van der Waals surface area (Å²) >= 11 is 0. The number of hydrogen-bond donors (Lipinski definition) is 1. The van der Waals surface area contributed by atoms with Crippen LogP contribution in [0.2, 0.25) is 0 Å². The normalized spacial score (nSPS) is 21.3. The molecule has 0 aromatic heterocycles. The Morgan fingerprint density at radius 2 is 1.68 bits per heavy atom. The summed E-state index contributed by atoms with van der Waals surface area (Å²) in [4.78, 5) is 4.73. The number of nitrogens with zero attached hydrogens (tertiary/aromatic N) is 2. The highest BCUT2D eigenvalue weighted by atomic mass is 16.3. The molecule has 2 unspecified atom stereocenters. The predicted octanol–water partition coefficient (Wildman–Crippen LogP) is 1.92. The number of hydrogen-bond acceptors (Lipinski definition) is 3. The number of piperazine rings is 1. The smallest absolute Gasteiger partial charge is 0.0942 e. The van der Waals surface area contributed by atoms with Gasteiger partial charge in [-0.25, -0.2) is 0 Å². The van der Waals surface area contributed by atoms with Crippen LogP contribution in [0.3, 0.4) is 0 Å². The molecule has 0 spiro atoms. The second-order valence-corrected chi connectivity index (χ2v) is 5.62. The predicted molar refractivity (Wildman–Crippen MR) is 79.3 cm³/mol. The summed E-state index contributed by atoms with van der Waals surface area (Å²) in [6.07, 6.45) is 0.652. The zero-order valence-corrected chi connectivity index (χ0v) is 12.3. The van der Waals surface area contributed by atoms with Crippen molar-refractivity contribution in [3.63, 3.8) is 0 Å². The molecule has 2 rings (SSSR count). The minimum absolute atomic E-state index is 0.182. The third kappa shape index (κ3) is 3.56. The first kappa shape index (κ1) is 14.5. The molecule has 1 aliphatic rings. The van der Waals surface area contributed by atoms with E-state index >= 15 is 0 Å². The van der Waals surface area contributed by atoms with Crippen LogP contribution in [0.4, 0.5) is 0 Å². The fraction of sp³-hybridized carbons (Fsp3) is 0.625. The van der Waals surface area contributed by atoms with Gasteiger partial charge in [0.05, 0.1) is 6.10 Å². The van der Waals surface area contributed by atoms with Gasteiger partial charge in [-0.15, -0.1) is 0 Å². The molecule has 0 amide bonds. The van der Waals surface area contributed by atoms with Gasteiger partial charge in [0.25, 0.3) is 0 Å². The molecule has 19 heavy (non-hydrogen) atoms. The first-order valence-corrected chi connectivity index (χ1v) is 7.31. The average Bonchev–Trinajstić information content (AvgIpc) is 2.46. The molecule has 106 valence electrons. The second-order valence-electron chi connectivity index (χ2n) is 5.62. The van der Waals surface area contributed by atoms with Crippen molar-refractivity contribution in [3.05, 3.63) is 35.4 Å². The molecule has 1 aromatic rings. The third-order valence-corrected chi connectivity index (χ3v) is 4.30. The van der Waals surface area contributed by atoms with Crippen LogP contribution in [0, 0.1) is 0 Å². The van der Waals surface area contributed by atoms with Gasteiger partial charge in [0, 0.05) is 32.2 Å². The molecule has 1 fully saturated rings. The number of aliphatic hydroxyl groups is 1. The molecule has 2 atom stereocenters. The van der Waals surface area contributed by atoms with Crippen molar-refractivity contribution in [2.24, 2.45) is 0 Å². The van der Waals surface area contributed by atoms with E-state index in [0.717, 1.165) is 38.2 Å². The molecular formula is C16H26N2O. The third-order valence-electron chi connectivity index (χ3n) is 4.30. The van der Waals surface area contributed by atoms with E-state index in [2.05, 4.69) is 55.0 Å². The van der Waals surface area contributed by atoms with Crippen LogP contribution in [-0.4, -0.2) is 54.2 Å². The fourth-order valence-electron chi connectivity index (χ4n) is 2.66. The zero-order chi connectivity index (χ0) is 13.8. The van der Waals surface area contributed by atoms with Crippen molar-refractivity contribution in [2.75, 3.05) is 33.2 Å². The molecule has 3 heteroatoms. The molecule has 1 aromatic carbocycles. The summed E-state index contributed by atoms with van der Waals surface area (Å²) in [6.45, 7) is 8.54. The molecular weight excluding hydrogens is 236 g/mol. The number of aliphatic hydroxyl groups excluding tert-OH is 1. The van der Waals surface area contributed by atoms with E-state index in [9.17, 15) is 5.11 Å². The maximum Gasteiger partial charge on any atom is 0.0942 e. The molecule has 1 aliphatic heterocycles. The largest absolute Gasteiger partial charge is 0.387 e. The molecule has 0 radical (unpaired) electrons. The lowest BCUT2D eigenvalue weighted by molar-refractivity contribution is 0.0315. The first-order chi connectivity index (χ1) is 9.11. The Balaban J connectivity index is 1.99. The Hall–Kier alpha value is -0.900. The fourth-order valence-corrected chi connectivity index (χ4v) is 2.66. The zero-order valence-electron chi connectivity index (χ0n) is 12.3. The summed E-state index contributed by atoms with van der Waals surface area (Å²) < 4.78 is 0. The quantitative estimate of drug-likeness (QED) is 0.898. The van der Waals surface area contributed by atoms with Crippen LogP contribution < -0.4 is 0 Å². The van der Waals surface area contributed by atoms with E-state index in [-0.39, 0.29) is 6.04 Å². The summed E-state index contributed by atoms with van der Waals surface area (Å²) in [6, 6.07) is 8.55. The lowest BCUT2D eigenvalue weighted by atomic mass is 10.00. The van der Waals surface area contributed by atoms with Crippen LogP contribution in [0.25, 0.3) is 0 Å². The van der Waals surface area contributed by atoms with Gasteiger partial charge >= 0.3 is 0 Å².